The number of halogens is 9. The first-order valence-electron chi connectivity index (χ1n) is 8.78. The quantitative estimate of drug-likeness (QED) is 0.215. The van der Waals surface area contributed by atoms with Crippen LogP contribution in [0, 0.1) is 0 Å². The van der Waals surface area contributed by atoms with Gasteiger partial charge in [-0.2, -0.15) is 26.3 Å². The SMILES string of the molecule is CC(C)(O)CNC(=O)c1nc(C(=O)I)c(-c2ccc(C(O)(C(F)(F)F)C(F)(F)F)c(Cl)c2Cl)s1. The lowest BCUT2D eigenvalue weighted by atomic mass is 9.91. The van der Waals surface area contributed by atoms with Crippen molar-refractivity contribution in [2.75, 3.05) is 6.54 Å². The van der Waals surface area contributed by atoms with E-state index in [2.05, 4.69) is 10.3 Å². The Morgan fingerprint density at radius 3 is 2.03 bits per heavy atom. The van der Waals surface area contributed by atoms with E-state index in [1.54, 1.807) is 0 Å². The number of nitrogens with zero attached hydrogens (tertiary/aromatic N) is 1. The number of benzene rings is 1. The smallest absolute Gasteiger partial charge is 0.389 e. The molecule has 16 heteroatoms. The summed E-state index contributed by atoms with van der Waals surface area (Å²) in [6.45, 7) is 2.63. The van der Waals surface area contributed by atoms with Gasteiger partial charge >= 0.3 is 12.4 Å². The van der Waals surface area contributed by atoms with Crippen LogP contribution in [0.15, 0.2) is 12.1 Å². The summed E-state index contributed by atoms with van der Waals surface area (Å²) in [5, 5.41) is 19.3. The molecule has 0 fully saturated rings. The highest BCUT2D eigenvalue weighted by molar-refractivity contribution is 14.1. The number of aliphatic hydroxyl groups is 2. The van der Waals surface area contributed by atoms with Gasteiger partial charge in [-0.15, -0.1) is 11.3 Å². The number of nitrogens with one attached hydrogen (secondary N) is 1. The molecule has 188 valence electrons. The predicted octanol–water partition coefficient (Wildman–Crippen LogP) is 5.51. The fourth-order valence-corrected chi connectivity index (χ4v) is 4.78. The molecule has 0 radical (unpaired) electrons. The van der Waals surface area contributed by atoms with E-state index in [0.717, 1.165) is 0 Å². The molecule has 0 bridgehead atoms. The third kappa shape index (κ3) is 5.61. The van der Waals surface area contributed by atoms with Gasteiger partial charge in [0.25, 0.3) is 11.5 Å². The van der Waals surface area contributed by atoms with Crippen molar-refractivity contribution < 1.29 is 46.1 Å². The summed E-state index contributed by atoms with van der Waals surface area (Å²) >= 11 is 13.6. The lowest BCUT2D eigenvalue weighted by molar-refractivity contribution is -0.376. The second-order valence-electron chi connectivity index (χ2n) is 7.46. The van der Waals surface area contributed by atoms with Gasteiger partial charge in [0.15, 0.2) is 5.01 Å². The zero-order valence-electron chi connectivity index (χ0n) is 16.8. The Hall–Kier alpha value is -1.20. The van der Waals surface area contributed by atoms with Crippen molar-refractivity contribution in [2.45, 2.75) is 37.4 Å². The summed E-state index contributed by atoms with van der Waals surface area (Å²) in [6, 6.07) is 0.973. The third-order valence-corrected chi connectivity index (χ3v) is 6.71. The van der Waals surface area contributed by atoms with Gasteiger partial charge in [0, 0.05) is 40.3 Å². The summed E-state index contributed by atoms with van der Waals surface area (Å²) in [5.74, 6) is -0.806. The number of amides is 1. The molecule has 2 rings (SSSR count). The van der Waals surface area contributed by atoms with Crippen LogP contribution in [0.5, 0.6) is 0 Å². The lowest BCUT2D eigenvalue weighted by Crippen LogP contribution is -2.54. The zero-order chi connectivity index (χ0) is 26.4. The number of hydrogen-bond donors (Lipinski definition) is 3. The molecule has 0 aliphatic rings. The number of rotatable bonds is 6. The molecule has 2 aromatic rings. The van der Waals surface area contributed by atoms with Gasteiger partial charge in [-0.25, -0.2) is 4.98 Å². The van der Waals surface area contributed by atoms with E-state index in [9.17, 15) is 46.1 Å². The Labute approximate surface area is 215 Å². The minimum atomic E-state index is -6.20. The molecular formula is C18H13Cl2F6IN2O4S. The fourth-order valence-electron chi connectivity index (χ4n) is 2.58. The maximum atomic E-state index is 13.3. The zero-order valence-corrected chi connectivity index (χ0v) is 21.3. The van der Waals surface area contributed by atoms with Crippen molar-refractivity contribution in [1.29, 1.82) is 0 Å². The van der Waals surface area contributed by atoms with Crippen LogP contribution in [0.3, 0.4) is 0 Å². The first-order chi connectivity index (χ1) is 15.2. The first kappa shape index (κ1) is 29.0. The van der Waals surface area contributed by atoms with Crippen molar-refractivity contribution in [1.82, 2.24) is 10.3 Å². The van der Waals surface area contributed by atoms with Crippen LogP contribution in [-0.4, -0.2) is 49.4 Å². The average molecular weight is 665 g/mol. The molecule has 0 saturated carbocycles. The molecule has 0 saturated heterocycles. The van der Waals surface area contributed by atoms with E-state index in [4.69, 9.17) is 23.2 Å². The molecule has 1 aromatic carbocycles. The fraction of sp³-hybridized carbons (Fsp3) is 0.389. The monoisotopic (exact) mass is 664 g/mol. The van der Waals surface area contributed by atoms with E-state index >= 15 is 0 Å². The summed E-state index contributed by atoms with van der Waals surface area (Å²) < 4.78 is 78.8. The van der Waals surface area contributed by atoms with Crippen LogP contribution >= 0.6 is 57.1 Å². The Morgan fingerprint density at radius 1 is 1.06 bits per heavy atom. The topological polar surface area (TPSA) is 99.5 Å². The molecule has 0 aliphatic carbocycles. The Morgan fingerprint density at radius 2 is 1.59 bits per heavy atom. The molecule has 0 aliphatic heterocycles. The molecule has 0 unspecified atom stereocenters. The molecule has 6 nitrogen and oxygen atoms in total. The standard InChI is InChI=1S/C18H13Cl2F6IN2O4S/c1-15(2,32)5-28-13(31)14-29-10(12(27)30)11(34-14)6-3-4-7(9(20)8(6)19)16(33,17(21,22)23)18(24,25)26/h3-4,32-33H,5H2,1-2H3,(H,28,31). The summed E-state index contributed by atoms with van der Waals surface area (Å²) in [5.41, 5.74) is -9.01. The number of carbonyl (C=O) groups is 2. The molecule has 1 aromatic heterocycles. The molecule has 1 heterocycles. The Bertz CT molecular complexity index is 1120. The van der Waals surface area contributed by atoms with Crippen LogP contribution in [0.1, 0.15) is 39.7 Å². The second kappa shape index (κ2) is 9.69. The first-order valence-corrected chi connectivity index (χ1v) is 11.4. The van der Waals surface area contributed by atoms with Gasteiger partial charge in [-0.3, -0.25) is 9.59 Å². The number of alkyl halides is 6. The minimum absolute atomic E-state index is 0.159. The number of carbonyl (C=O) groups excluding carboxylic acids is 2. The highest BCUT2D eigenvalue weighted by atomic mass is 127. The van der Waals surface area contributed by atoms with Crippen LogP contribution in [0.25, 0.3) is 10.4 Å². The highest BCUT2D eigenvalue weighted by Gasteiger charge is 2.72. The van der Waals surface area contributed by atoms with E-state index < -0.39 is 48.9 Å². The van der Waals surface area contributed by atoms with Crippen molar-refractivity contribution >= 4 is 66.8 Å². The van der Waals surface area contributed by atoms with E-state index in [-0.39, 0.29) is 33.8 Å². The van der Waals surface area contributed by atoms with Crippen LogP contribution in [0.4, 0.5) is 26.3 Å². The minimum Gasteiger partial charge on any atom is -0.389 e. The highest BCUT2D eigenvalue weighted by Crippen LogP contribution is 2.54. The summed E-state index contributed by atoms with van der Waals surface area (Å²) in [4.78, 5) is 28.1. The maximum Gasteiger partial charge on any atom is 0.430 e. The van der Waals surface area contributed by atoms with Crippen molar-refractivity contribution in [3.8, 4) is 10.4 Å². The molecule has 34 heavy (non-hydrogen) atoms. The van der Waals surface area contributed by atoms with E-state index in [1.165, 1.54) is 36.4 Å². The number of thiazole rings is 1. The predicted molar refractivity (Wildman–Crippen MR) is 121 cm³/mol. The van der Waals surface area contributed by atoms with Crippen LogP contribution in [0.2, 0.25) is 10.0 Å². The van der Waals surface area contributed by atoms with Crippen LogP contribution < -0.4 is 5.32 Å². The van der Waals surface area contributed by atoms with Crippen molar-refractivity contribution in [2.24, 2.45) is 0 Å². The number of hydrogen-bond acceptors (Lipinski definition) is 6. The average Bonchev–Trinajstić information content (AvgIpc) is 3.10. The van der Waals surface area contributed by atoms with Crippen molar-refractivity contribution in [3.63, 3.8) is 0 Å². The Balaban J connectivity index is 2.66. The van der Waals surface area contributed by atoms with Crippen LogP contribution in [-0.2, 0) is 5.60 Å². The summed E-state index contributed by atoms with van der Waals surface area (Å²) in [6.07, 6.45) is -12.4. The molecule has 1 amide bonds. The van der Waals surface area contributed by atoms with Gasteiger partial charge in [0.05, 0.1) is 20.5 Å². The van der Waals surface area contributed by atoms with Gasteiger partial charge in [0.1, 0.15) is 5.69 Å². The molecule has 0 atom stereocenters. The molecule has 0 spiro atoms. The summed E-state index contributed by atoms with van der Waals surface area (Å²) in [7, 11) is 0. The van der Waals surface area contributed by atoms with Gasteiger partial charge in [-0.05, 0) is 13.8 Å². The van der Waals surface area contributed by atoms with E-state index in [0.29, 0.717) is 17.4 Å². The Kier molecular flexibility index (Phi) is 8.27. The number of aromatic nitrogens is 1. The van der Waals surface area contributed by atoms with Gasteiger partial charge in [-0.1, -0.05) is 35.3 Å². The van der Waals surface area contributed by atoms with E-state index in [1.807, 2.05) is 0 Å². The molecular weight excluding hydrogens is 652 g/mol. The second-order valence-corrected chi connectivity index (χ2v) is 10.2. The van der Waals surface area contributed by atoms with Crippen molar-refractivity contribution in [3.05, 3.63) is 38.4 Å². The molecule has 3 N–H and O–H groups in total. The third-order valence-electron chi connectivity index (χ3n) is 4.23. The maximum absolute atomic E-state index is 13.3. The van der Waals surface area contributed by atoms with Gasteiger partial charge in [0.2, 0.25) is 3.79 Å². The lowest BCUT2D eigenvalue weighted by Gasteiger charge is -2.33. The normalized spacial score (nSPS) is 13.2. The largest absolute Gasteiger partial charge is 0.430 e. The van der Waals surface area contributed by atoms with Gasteiger partial charge < -0.3 is 15.5 Å².